The number of carboxylic acids is 1. The molecule has 110 valence electrons. The summed E-state index contributed by atoms with van der Waals surface area (Å²) in [6, 6.07) is 2.53. The zero-order valence-corrected chi connectivity index (χ0v) is 10.9. The van der Waals surface area contributed by atoms with Crippen molar-refractivity contribution in [2.45, 2.75) is 12.8 Å². The summed E-state index contributed by atoms with van der Waals surface area (Å²) >= 11 is 0. The molecule has 0 aromatic carbocycles. The summed E-state index contributed by atoms with van der Waals surface area (Å²) in [5.74, 6) is -2.76. The Morgan fingerprint density at radius 3 is 2.48 bits per heavy atom. The number of anilines is 1. The highest BCUT2D eigenvalue weighted by Gasteiger charge is 2.34. The van der Waals surface area contributed by atoms with Gasteiger partial charge in [0.25, 0.3) is 5.69 Å². The van der Waals surface area contributed by atoms with Crippen molar-refractivity contribution in [1.29, 1.82) is 0 Å². The smallest absolute Gasteiger partial charge is 0.307 e. The summed E-state index contributed by atoms with van der Waals surface area (Å²) in [6.07, 6.45) is 5.20. The first-order valence-electron chi connectivity index (χ1n) is 6.28. The minimum absolute atomic E-state index is 0.157. The lowest BCUT2D eigenvalue weighted by atomic mass is 9.82. The maximum Gasteiger partial charge on any atom is 0.307 e. The number of nitrogens with zero attached hydrogens (tertiary/aromatic N) is 2. The van der Waals surface area contributed by atoms with Crippen LogP contribution in [0, 0.1) is 22.0 Å². The van der Waals surface area contributed by atoms with E-state index in [4.69, 9.17) is 5.11 Å². The van der Waals surface area contributed by atoms with Crippen LogP contribution in [0.1, 0.15) is 12.8 Å². The average Bonchev–Trinajstić information content (AvgIpc) is 2.47. The summed E-state index contributed by atoms with van der Waals surface area (Å²) in [7, 11) is 0. The SMILES string of the molecule is O=C(O)C1CC=CCC1C(=O)Nc1ccc([N+](=O)[O-])cn1. The predicted molar refractivity (Wildman–Crippen MR) is 72.5 cm³/mol. The minimum Gasteiger partial charge on any atom is -0.481 e. The number of aliphatic carboxylic acids is 1. The highest BCUT2D eigenvalue weighted by molar-refractivity contribution is 5.94. The highest BCUT2D eigenvalue weighted by Crippen LogP contribution is 2.27. The Labute approximate surface area is 119 Å². The van der Waals surface area contributed by atoms with E-state index in [1.165, 1.54) is 12.1 Å². The number of amides is 1. The fourth-order valence-electron chi connectivity index (χ4n) is 2.16. The topological polar surface area (TPSA) is 122 Å². The lowest BCUT2D eigenvalue weighted by Crippen LogP contribution is -2.34. The van der Waals surface area contributed by atoms with E-state index in [1.807, 2.05) is 0 Å². The zero-order chi connectivity index (χ0) is 15.4. The third kappa shape index (κ3) is 3.41. The van der Waals surface area contributed by atoms with Crippen molar-refractivity contribution >= 4 is 23.4 Å². The second-order valence-electron chi connectivity index (χ2n) is 4.64. The van der Waals surface area contributed by atoms with Gasteiger partial charge in [-0.3, -0.25) is 19.7 Å². The third-order valence-corrected chi connectivity index (χ3v) is 3.30. The van der Waals surface area contributed by atoms with E-state index < -0.39 is 28.6 Å². The largest absolute Gasteiger partial charge is 0.481 e. The number of aromatic nitrogens is 1. The van der Waals surface area contributed by atoms with Crippen molar-refractivity contribution in [2.75, 3.05) is 5.32 Å². The van der Waals surface area contributed by atoms with Gasteiger partial charge in [-0.05, 0) is 18.9 Å². The van der Waals surface area contributed by atoms with Gasteiger partial charge in [-0.2, -0.15) is 0 Å². The Bertz CT molecular complexity index is 596. The Hall–Kier alpha value is -2.77. The van der Waals surface area contributed by atoms with Crippen molar-refractivity contribution in [3.05, 3.63) is 40.6 Å². The van der Waals surface area contributed by atoms with Crippen molar-refractivity contribution in [1.82, 2.24) is 4.98 Å². The first-order valence-corrected chi connectivity index (χ1v) is 6.28. The van der Waals surface area contributed by atoms with Crippen molar-refractivity contribution < 1.29 is 19.6 Å². The number of pyridine rings is 1. The molecule has 8 heteroatoms. The summed E-state index contributed by atoms with van der Waals surface area (Å²) in [5, 5.41) is 22.1. The van der Waals surface area contributed by atoms with E-state index >= 15 is 0 Å². The van der Waals surface area contributed by atoms with Gasteiger partial charge in [-0.1, -0.05) is 12.2 Å². The Morgan fingerprint density at radius 1 is 1.29 bits per heavy atom. The van der Waals surface area contributed by atoms with Crippen molar-refractivity contribution in [2.24, 2.45) is 11.8 Å². The summed E-state index contributed by atoms with van der Waals surface area (Å²) in [4.78, 5) is 36.9. The molecule has 1 aliphatic carbocycles. The summed E-state index contributed by atoms with van der Waals surface area (Å²) in [5.41, 5.74) is -0.183. The van der Waals surface area contributed by atoms with Crippen LogP contribution < -0.4 is 5.32 Å². The number of rotatable bonds is 4. The molecule has 0 bridgehead atoms. The maximum atomic E-state index is 12.1. The normalized spacial score (nSPS) is 20.8. The second-order valence-corrected chi connectivity index (χ2v) is 4.64. The van der Waals surface area contributed by atoms with Gasteiger partial charge in [-0.25, -0.2) is 4.98 Å². The molecule has 0 spiro atoms. The molecule has 0 fully saturated rings. The van der Waals surface area contributed by atoms with Gasteiger partial charge in [0.1, 0.15) is 12.0 Å². The number of nitro groups is 1. The van der Waals surface area contributed by atoms with Gasteiger partial charge in [0.05, 0.1) is 16.8 Å². The van der Waals surface area contributed by atoms with E-state index in [0.717, 1.165) is 6.20 Å². The molecule has 1 amide bonds. The van der Waals surface area contributed by atoms with E-state index in [9.17, 15) is 19.7 Å². The second kappa shape index (κ2) is 6.12. The van der Waals surface area contributed by atoms with Gasteiger partial charge >= 0.3 is 5.97 Å². The molecule has 2 rings (SSSR count). The molecule has 1 aromatic heterocycles. The number of carbonyl (C=O) groups excluding carboxylic acids is 1. The molecule has 1 aromatic rings. The Kier molecular flexibility index (Phi) is 4.27. The molecule has 0 aliphatic heterocycles. The molecule has 2 unspecified atom stereocenters. The Morgan fingerprint density at radius 2 is 1.95 bits per heavy atom. The molecule has 0 saturated carbocycles. The molecule has 8 nitrogen and oxygen atoms in total. The molecule has 1 heterocycles. The summed E-state index contributed by atoms with van der Waals surface area (Å²) < 4.78 is 0. The fraction of sp³-hybridized carbons (Fsp3) is 0.308. The van der Waals surface area contributed by atoms with Crippen molar-refractivity contribution in [3.63, 3.8) is 0 Å². The summed E-state index contributed by atoms with van der Waals surface area (Å²) in [6.45, 7) is 0. The molecule has 0 radical (unpaired) electrons. The average molecular weight is 291 g/mol. The van der Waals surface area contributed by atoms with Gasteiger partial charge < -0.3 is 10.4 Å². The molecule has 1 aliphatic rings. The number of hydrogen-bond donors (Lipinski definition) is 2. The van der Waals surface area contributed by atoms with Crippen LogP contribution in [0.2, 0.25) is 0 Å². The molecular weight excluding hydrogens is 278 g/mol. The van der Waals surface area contributed by atoms with Crippen molar-refractivity contribution in [3.8, 4) is 0 Å². The van der Waals surface area contributed by atoms with Gasteiger partial charge in [-0.15, -0.1) is 0 Å². The third-order valence-electron chi connectivity index (χ3n) is 3.30. The number of allylic oxidation sites excluding steroid dienone is 2. The van der Waals surface area contributed by atoms with Crippen LogP contribution in [0.3, 0.4) is 0 Å². The molecule has 0 saturated heterocycles. The molecule has 2 N–H and O–H groups in total. The predicted octanol–water partition coefficient (Wildman–Crippen LogP) is 1.60. The monoisotopic (exact) mass is 291 g/mol. The lowest BCUT2D eigenvalue weighted by Gasteiger charge is -2.23. The van der Waals surface area contributed by atoms with Crippen LogP contribution in [0.15, 0.2) is 30.5 Å². The van der Waals surface area contributed by atoms with Crippen LogP contribution in [-0.2, 0) is 9.59 Å². The number of carboxylic acid groups (broad SMARTS) is 1. The zero-order valence-electron chi connectivity index (χ0n) is 10.9. The molecule has 2 atom stereocenters. The number of hydrogen-bond acceptors (Lipinski definition) is 5. The van der Waals surface area contributed by atoms with Gasteiger partial charge in [0.2, 0.25) is 5.91 Å². The first-order chi connectivity index (χ1) is 9.99. The standard InChI is InChI=1S/C13H13N3O5/c17-12(9-3-1-2-4-10(9)13(18)19)15-11-6-5-8(7-14-11)16(20)21/h1-2,5-7,9-10H,3-4H2,(H,18,19)(H,14,15,17). The first kappa shape index (κ1) is 14.6. The van der Waals surface area contributed by atoms with E-state index in [0.29, 0.717) is 12.8 Å². The molecular formula is C13H13N3O5. The maximum absolute atomic E-state index is 12.1. The van der Waals surface area contributed by atoms with Crippen LogP contribution in [0.4, 0.5) is 11.5 Å². The van der Waals surface area contributed by atoms with E-state index in [1.54, 1.807) is 12.2 Å². The Balaban J connectivity index is 2.08. The van der Waals surface area contributed by atoms with E-state index in [-0.39, 0.29) is 11.5 Å². The number of nitrogens with one attached hydrogen (secondary N) is 1. The van der Waals surface area contributed by atoms with Crippen LogP contribution >= 0.6 is 0 Å². The van der Waals surface area contributed by atoms with Crippen LogP contribution in [0.25, 0.3) is 0 Å². The minimum atomic E-state index is -1.02. The van der Waals surface area contributed by atoms with Gasteiger partial charge in [0, 0.05) is 6.07 Å². The lowest BCUT2D eigenvalue weighted by molar-refractivity contribution is -0.385. The fourth-order valence-corrected chi connectivity index (χ4v) is 2.16. The van der Waals surface area contributed by atoms with Gasteiger partial charge in [0.15, 0.2) is 0 Å². The van der Waals surface area contributed by atoms with Crippen LogP contribution in [0.5, 0.6) is 0 Å². The van der Waals surface area contributed by atoms with E-state index in [2.05, 4.69) is 10.3 Å². The molecule has 21 heavy (non-hydrogen) atoms. The van der Waals surface area contributed by atoms with Crippen LogP contribution in [-0.4, -0.2) is 26.9 Å². The quantitative estimate of drug-likeness (QED) is 0.493. The highest BCUT2D eigenvalue weighted by atomic mass is 16.6. The number of carbonyl (C=O) groups is 2.